The number of carbonyl (C=O) groups excluding carboxylic acids is 1. The predicted molar refractivity (Wildman–Crippen MR) is 115 cm³/mol. The average molecular weight is 397 g/mol. The lowest BCUT2D eigenvalue weighted by Gasteiger charge is -2.36. The molecule has 146 valence electrons. The minimum absolute atomic E-state index is 0.161. The van der Waals surface area contributed by atoms with Gasteiger partial charge in [-0.2, -0.15) is 0 Å². The van der Waals surface area contributed by atoms with Crippen molar-refractivity contribution >= 4 is 34.8 Å². The molecule has 7 heteroatoms. The second-order valence-corrected chi connectivity index (χ2v) is 7.42. The Kier molecular flexibility index (Phi) is 5.73. The van der Waals surface area contributed by atoms with Crippen molar-refractivity contribution in [2.24, 2.45) is 0 Å². The minimum Gasteiger partial charge on any atom is -0.443 e. The lowest BCUT2D eigenvalue weighted by atomic mass is 10.2. The number of ether oxygens (including phenoxy) is 1. The number of nitrogens with one attached hydrogen (secondary N) is 1. The first-order valence-corrected chi connectivity index (χ1v) is 9.96. The maximum absolute atomic E-state index is 12.2. The second kappa shape index (κ2) is 8.58. The van der Waals surface area contributed by atoms with E-state index >= 15 is 0 Å². The number of hydrogen-bond donors (Lipinski definition) is 1. The molecule has 2 saturated heterocycles. The Hall–Kier alpha value is -2.64. The zero-order valence-electron chi connectivity index (χ0n) is 15.7. The number of carbonyl (C=O) groups is 1. The van der Waals surface area contributed by atoms with Crippen molar-refractivity contribution in [2.45, 2.75) is 6.10 Å². The number of hydrogen-bond acceptors (Lipinski definition) is 5. The molecule has 0 aliphatic carbocycles. The summed E-state index contributed by atoms with van der Waals surface area (Å²) in [5, 5.41) is 3.48. The van der Waals surface area contributed by atoms with Crippen molar-refractivity contribution in [1.29, 1.82) is 0 Å². The van der Waals surface area contributed by atoms with E-state index in [1.807, 2.05) is 36.4 Å². The first kappa shape index (κ1) is 18.7. The Bertz CT molecular complexity index is 810. The third kappa shape index (κ3) is 4.43. The summed E-state index contributed by atoms with van der Waals surface area (Å²) in [5.74, 6) is 0. The van der Waals surface area contributed by atoms with Crippen molar-refractivity contribution in [3.05, 3.63) is 60.7 Å². The van der Waals surface area contributed by atoms with Crippen molar-refractivity contribution in [1.82, 2.24) is 9.80 Å². The third-order valence-corrected chi connectivity index (χ3v) is 5.42. The number of piperazine rings is 1. The fourth-order valence-electron chi connectivity index (χ4n) is 3.61. The average Bonchev–Trinajstić information content (AvgIpc) is 3.10. The molecule has 2 aliphatic heterocycles. The first-order valence-electron chi connectivity index (χ1n) is 9.55. The van der Waals surface area contributed by atoms with Gasteiger partial charge >= 0.3 is 6.09 Å². The number of rotatable bonds is 4. The zero-order chi connectivity index (χ0) is 19.3. The molecular weight excluding hydrogens is 372 g/mol. The van der Waals surface area contributed by atoms with Crippen LogP contribution < -0.4 is 10.2 Å². The normalized spacial score (nSPS) is 20.1. The Morgan fingerprint density at radius 1 is 1.00 bits per heavy atom. The van der Waals surface area contributed by atoms with E-state index in [9.17, 15) is 4.79 Å². The van der Waals surface area contributed by atoms with Crippen LogP contribution in [0, 0.1) is 0 Å². The summed E-state index contributed by atoms with van der Waals surface area (Å²) in [6, 6.07) is 20.1. The van der Waals surface area contributed by atoms with Crippen molar-refractivity contribution in [3.63, 3.8) is 0 Å². The fourth-order valence-corrected chi connectivity index (χ4v) is 3.88. The molecule has 0 aromatic heterocycles. The summed E-state index contributed by atoms with van der Waals surface area (Å²) in [4.78, 5) is 18.5. The molecule has 0 spiro atoms. The maximum atomic E-state index is 12.2. The molecule has 1 unspecified atom stereocenters. The van der Waals surface area contributed by atoms with Crippen LogP contribution in [0.15, 0.2) is 60.7 Å². The predicted octanol–water partition coefficient (Wildman–Crippen LogP) is 3.03. The highest BCUT2D eigenvalue weighted by Gasteiger charge is 2.35. The lowest BCUT2D eigenvalue weighted by Crippen LogP contribution is -2.49. The zero-order valence-corrected chi connectivity index (χ0v) is 16.5. The van der Waals surface area contributed by atoms with Gasteiger partial charge in [0.25, 0.3) is 0 Å². The molecule has 1 N–H and O–H groups in total. The van der Waals surface area contributed by atoms with Gasteiger partial charge in [-0.1, -0.05) is 36.4 Å². The van der Waals surface area contributed by atoms with Gasteiger partial charge in [-0.3, -0.25) is 9.80 Å². The van der Waals surface area contributed by atoms with Gasteiger partial charge in [0.2, 0.25) is 0 Å². The highest BCUT2D eigenvalue weighted by molar-refractivity contribution is 7.80. The molecule has 4 rings (SSSR count). The maximum Gasteiger partial charge on any atom is 0.416 e. The van der Waals surface area contributed by atoms with Gasteiger partial charge in [0, 0.05) is 44.1 Å². The van der Waals surface area contributed by atoms with Crippen LogP contribution in [0.2, 0.25) is 0 Å². The molecule has 2 heterocycles. The van der Waals surface area contributed by atoms with Gasteiger partial charge < -0.3 is 15.0 Å². The van der Waals surface area contributed by atoms with Crippen LogP contribution in [-0.4, -0.2) is 66.4 Å². The number of cyclic esters (lactones) is 1. The number of para-hydroxylation sites is 2. The van der Waals surface area contributed by atoms with E-state index in [0.29, 0.717) is 11.7 Å². The largest absolute Gasteiger partial charge is 0.443 e. The minimum atomic E-state index is -0.374. The molecular formula is C21H24N4O2S. The molecule has 6 nitrogen and oxygen atoms in total. The summed E-state index contributed by atoms with van der Waals surface area (Å²) in [6.07, 6.45) is -0.535. The van der Waals surface area contributed by atoms with E-state index < -0.39 is 0 Å². The summed E-state index contributed by atoms with van der Waals surface area (Å²) in [7, 11) is 0. The van der Waals surface area contributed by atoms with E-state index in [4.69, 9.17) is 17.0 Å². The standard InChI is InChI=1S/C21H24N4O2S/c26-21-25(20(28)22-17-7-3-1-4-8-17)16-19(27-21)15-23-11-13-24(14-12-23)18-9-5-2-6-10-18/h1-10,19H,11-16H2,(H,22,28). The van der Waals surface area contributed by atoms with Crippen LogP contribution in [0.4, 0.5) is 16.2 Å². The van der Waals surface area contributed by atoms with Crippen molar-refractivity contribution < 1.29 is 9.53 Å². The molecule has 0 bridgehead atoms. The van der Waals surface area contributed by atoms with Gasteiger partial charge in [0.15, 0.2) is 5.11 Å². The molecule has 0 saturated carbocycles. The summed E-state index contributed by atoms with van der Waals surface area (Å²) >= 11 is 5.39. The van der Waals surface area contributed by atoms with E-state index in [2.05, 4.69) is 39.4 Å². The number of benzene rings is 2. The number of amides is 1. The van der Waals surface area contributed by atoms with Crippen LogP contribution in [-0.2, 0) is 4.74 Å². The molecule has 2 aromatic rings. The van der Waals surface area contributed by atoms with Crippen LogP contribution in [0.25, 0.3) is 0 Å². The van der Waals surface area contributed by atoms with Gasteiger partial charge in [0.1, 0.15) is 6.10 Å². The number of nitrogens with zero attached hydrogens (tertiary/aromatic N) is 3. The van der Waals surface area contributed by atoms with Crippen LogP contribution in [0.1, 0.15) is 0 Å². The van der Waals surface area contributed by atoms with Crippen molar-refractivity contribution in [3.8, 4) is 0 Å². The van der Waals surface area contributed by atoms with Gasteiger partial charge in [-0.25, -0.2) is 4.79 Å². The molecule has 28 heavy (non-hydrogen) atoms. The highest BCUT2D eigenvalue weighted by Crippen LogP contribution is 2.18. The van der Waals surface area contributed by atoms with E-state index in [1.54, 1.807) is 0 Å². The molecule has 1 amide bonds. The van der Waals surface area contributed by atoms with Crippen LogP contribution >= 0.6 is 12.2 Å². The van der Waals surface area contributed by atoms with E-state index in [0.717, 1.165) is 38.4 Å². The first-order chi connectivity index (χ1) is 13.7. The second-order valence-electron chi connectivity index (χ2n) is 7.04. The summed E-state index contributed by atoms with van der Waals surface area (Å²) in [5.41, 5.74) is 2.12. The molecule has 2 fully saturated rings. The van der Waals surface area contributed by atoms with E-state index in [-0.39, 0.29) is 12.2 Å². The highest BCUT2D eigenvalue weighted by atomic mass is 32.1. The Morgan fingerprint density at radius 2 is 1.64 bits per heavy atom. The molecule has 1 atom stereocenters. The quantitative estimate of drug-likeness (QED) is 0.802. The molecule has 0 radical (unpaired) electrons. The topological polar surface area (TPSA) is 48.1 Å². The Morgan fingerprint density at radius 3 is 2.32 bits per heavy atom. The lowest BCUT2D eigenvalue weighted by molar-refractivity contribution is 0.105. The van der Waals surface area contributed by atoms with Crippen LogP contribution in [0.5, 0.6) is 0 Å². The molecule has 2 aromatic carbocycles. The smallest absolute Gasteiger partial charge is 0.416 e. The van der Waals surface area contributed by atoms with Gasteiger partial charge in [-0.05, 0) is 36.5 Å². The Labute approximate surface area is 170 Å². The van der Waals surface area contributed by atoms with Gasteiger partial charge in [0.05, 0.1) is 6.54 Å². The molecule has 2 aliphatic rings. The fraction of sp³-hybridized carbons (Fsp3) is 0.333. The van der Waals surface area contributed by atoms with Crippen LogP contribution in [0.3, 0.4) is 0 Å². The number of anilines is 2. The third-order valence-electron chi connectivity index (χ3n) is 5.10. The number of thiocarbonyl (C=S) groups is 1. The monoisotopic (exact) mass is 396 g/mol. The Balaban J connectivity index is 1.26. The van der Waals surface area contributed by atoms with Gasteiger partial charge in [-0.15, -0.1) is 0 Å². The van der Waals surface area contributed by atoms with E-state index in [1.165, 1.54) is 10.6 Å². The summed E-state index contributed by atoms with van der Waals surface area (Å²) in [6.45, 7) is 5.07. The van der Waals surface area contributed by atoms with Crippen molar-refractivity contribution in [2.75, 3.05) is 49.5 Å². The summed E-state index contributed by atoms with van der Waals surface area (Å²) < 4.78 is 5.55. The SMILES string of the molecule is O=C1OC(CN2CCN(c3ccccc3)CC2)CN1C(=S)Nc1ccccc1.